The van der Waals surface area contributed by atoms with Crippen LogP contribution in [0.4, 0.5) is 0 Å². The Balaban J connectivity index is 2.14. The van der Waals surface area contributed by atoms with Crippen molar-refractivity contribution in [3.8, 4) is 6.07 Å². The molecule has 1 aromatic rings. The molecular formula is C14H16N2O2. The standard InChI is InChI=1S/C14H16N2O2/c1-10-14(2,9-15)16-12(13(17)18-10)8-11-6-4-3-5-7-11/h3-7,10,12,16H,8H2,1-2H3/t10-,12+,14+/m0/s1. The van der Waals surface area contributed by atoms with Crippen LogP contribution in [0, 0.1) is 11.3 Å². The van der Waals surface area contributed by atoms with Gasteiger partial charge in [-0.2, -0.15) is 5.26 Å². The number of carbonyl (C=O) groups excluding carboxylic acids is 1. The minimum Gasteiger partial charge on any atom is -0.458 e. The third-order valence-corrected chi connectivity index (χ3v) is 3.38. The summed E-state index contributed by atoms with van der Waals surface area (Å²) in [6, 6.07) is 11.4. The molecule has 1 aliphatic heterocycles. The molecule has 0 aromatic heterocycles. The Bertz CT molecular complexity index is 480. The van der Waals surface area contributed by atoms with Gasteiger partial charge in [-0.15, -0.1) is 0 Å². The molecule has 1 heterocycles. The van der Waals surface area contributed by atoms with Gasteiger partial charge < -0.3 is 4.74 Å². The number of nitriles is 1. The Morgan fingerprint density at radius 2 is 2.11 bits per heavy atom. The lowest BCUT2D eigenvalue weighted by Crippen LogP contribution is -2.63. The molecule has 2 rings (SSSR count). The van der Waals surface area contributed by atoms with E-state index in [0.717, 1.165) is 5.56 Å². The van der Waals surface area contributed by atoms with Crippen LogP contribution in [0.5, 0.6) is 0 Å². The summed E-state index contributed by atoms with van der Waals surface area (Å²) < 4.78 is 5.25. The Morgan fingerprint density at radius 3 is 2.72 bits per heavy atom. The van der Waals surface area contributed by atoms with Crippen LogP contribution in [0.1, 0.15) is 19.4 Å². The summed E-state index contributed by atoms with van der Waals surface area (Å²) in [6.45, 7) is 3.48. The van der Waals surface area contributed by atoms with Gasteiger partial charge >= 0.3 is 5.97 Å². The zero-order valence-electron chi connectivity index (χ0n) is 10.5. The highest BCUT2D eigenvalue weighted by molar-refractivity contribution is 5.77. The minimum atomic E-state index is -0.826. The van der Waals surface area contributed by atoms with Crippen LogP contribution < -0.4 is 5.32 Å². The van der Waals surface area contributed by atoms with Gasteiger partial charge in [-0.3, -0.25) is 10.1 Å². The van der Waals surface area contributed by atoms with Crippen molar-refractivity contribution in [3.05, 3.63) is 35.9 Å². The molecule has 4 heteroatoms. The second-order valence-corrected chi connectivity index (χ2v) is 4.78. The lowest BCUT2D eigenvalue weighted by atomic mass is 9.92. The lowest BCUT2D eigenvalue weighted by molar-refractivity contribution is -0.161. The third kappa shape index (κ3) is 2.36. The van der Waals surface area contributed by atoms with Crippen LogP contribution in [0.15, 0.2) is 30.3 Å². The molecule has 0 spiro atoms. The molecule has 0 saturated carbocycles. The molecule has 1 fully saturated rings. The van der Waals surface area contributed by atoms with E-state index in [2.05, 4.69) is 11.4 Å². The van der Waals surface area contributed by atoms with Crippen LogP contribution >= 0.6 is 0 Å². The van der Waals surface area contributed by atoms with Gasteiger partial charge in [0.05, 0.1) is 6.07 Å². The summed E-state index contributed by atoms with van der Waals surface area (Å²) in [5.74, 6) is -0.293. The summed E-state index contributed by atoms with van der Waals surface area (Å²) in [6.07, 6.45) is 0.0888. The van der Waals surface area contributed by atoms with E-state index in [9.17, 15) is 10.1 Å². The number of hydrogen-bond donors (Lipinski definition) is 1. The van der Waals surface area contributed by atoms with Crippen molar-refractivity contribution in [2.75, 3.05) is 0 Å². The SMILES string of the molecule is C[C@@H]1OC(=O)[C@@H](Cc2ccccc2)N[C@]1(C)C#N. The monoisotopic (exact) mass is 244 g/mol. The fourth-order valence-electron chi connectivity index (χ4n) is 2.02. The highest BCUT2D eigenvalue weighted by Crippen LogP contribution is 2.21. The number of esters is 1. The first-order valence-electron chi connectivity index (χ1n) is 5.98. The largest absolute Gasteiger partial charge is 0.458 e. The molecule has 1 N–H and O–H groups in total. The molecule has 3 atom stereocenters. The molecule has 0 amide bonds. The Labute approximate surface area is 107 Å². The maximum Gasteiger partial charge on any atom is 0.323 e. The first-order valence-corrected chi connectivity index (χ1v) is 5.98. The highest BCUT2D eigenvalue weighted by Gasteiger charge is 2.43. The van der Waals surface area contributed by atoms with Crippen LogP contribution in [-0.4, -0.2) is 23.7 Å². The van der Waals surface area contributed by atoms with Crippen molar-refractivity contribution in [3.63, 3.8) is 0 Å². The van der Waals surface area contributed by atoms with Crippen LogP contribution in [0.2, 0.25) is 0 Å². The average Bonchev–Trinajstić information content (AvgIpc) is 2.37. The Morgan fingerprint density at radius 1 is 1.44 bits per heavy atom. The molecule has 4 nitrogen and oxygen atoms in total. The first-order chi connectivity index (χ1) is 8.55. The van der Waals surface area contributed by atoms with E-state index in [1.165, 1.54) is 0 Å². The van der Waals surface area contributed by atoms with Crippen molar-refractivity contribution in [1.29, 1.82) is 5.26 Å². The summed E-state index contributed by atoms with van der Waals surface area (Å²) in [4.78, 5) is 11.8. The number of nitrogens with one attached hydrogen (secondary N) is 1. The van der Waals surface area contributed by atoms with Gasteiger partial charge in [0.15, 0.2) is 0 Å². The van der Waals surface area contributed by atoms with Crippen molar-refractivity contribution in [2.45, 2.75) is 38.0 Å². The second-order valence-electron chi connectivity index (χ2n) is 4.78. The number of cyclic esters (lactones) is 1. The van der Waals surface area contributed by atoms with Gasteiger partial charge in [-0.05, 0) is 25.8 Å². The van der Waals surface area contributed by atoms with E-state index in [1.54, 1.807) is 13.8 Å². The number of hydrogen-bond acceptors (Lipinski definition) is 4. The summed E-state index contributed by atoms with van der Waals surface area (Å²) >= 11 is 0. The molecule has 1 aromatic carbocycles. The average molecular weight is 244 g/mol. The maximum atomic E-state index is 11.8. The van der Waals surface area contributed by atoms with Crippen molar-refractivity contribution in [1.82, 2.24) is 5.32 Å². The smallest absolute Gasteiger partial charge is 0.323 e. The first kappa shape index (κ1) is 12.6. The van der Waals surface area contributed by atoms with E-state index < -0.39 is 17.7 Å². The van der Waals surface area contributed by atoms with Crippen molar-refractivity contribution < 1.29 is 9.53 Å². The summed E-state index contributed by atoms with van der Waals surface area (Å²) in [5.41, 5.74) is 0.217. The topological polar surface area (TPSA) is 62.1 Å². The number of ether oxygens (including phenoxy) is 1. The zero-order chi connectivity index (χ0) is 13.2. The molecule has 0 bridgehead atoms. The minimum absolute atomic E-state index is 0.293. The van der Waals surface area contributed by atoms with Crippen LogP contribution in [-0.2, 0) is 16.0 Å². The molecule has 18 heavy (non-hydrogen) atoms. The Kier molecular flexibility index (Phi) is 3.35. The molecule has 0 radical (unpaired) electrons. The number of rotatable bonds is 2. The predicted molar refractivity (Wildman–Crippen MR) is 66.6 cm³/mol. The maximum absolute atomic E-state index is 11.8. The number of carbonyl (C=O) groups is 1. The third-order valence-electron chi connectivity index (χ3n) is 3.38. The van der Waals surface area contributed by atoms with E-state index in [-0.39, 0.29) is 5.97 Å². The number of morpholine rings is 1. The molecule has 1 saturated heterocycles. The normalized spacial score (nSPS) is 31.5. The van der Waals surface area contributed by atoms with Crippen molar-refractivity contribution >= 4 is 5.97 Å². The predicted octanol–water partition coefficient (Wildman–Crippen LogP) is 1.41. The fourth-order valence-corrected chi connectivity index (χ4v) is 2.02. The Hall–Kier alpha value is -1.86. The van der Waals surface area contributed by atoms with Gasteiger partial charge in [-0.25, -0.2) is 0 Å². The summed E-state index contributed by atoms with van der Waals surface area (Å²) in [7, 11) is 0. The van der Waals surface area contributed by atoms with Crippen molar-refractivity contribution in [2.24, 2.45) is 0 Å². The van der Waals surface area contributed by atoms with E-state index in [0.29, 0.717) is 6.42 Å². The van der Waals surface area contributed by atoms with Gasteiger partial charge in [0.2, 0.25) is 0 Å². The number of benzene rings is 1. The van der Waals surface area contributed by atoms with E-state index in [1.807, 2.05) is 30.3 Å². The van der Waals surface area contributed by atoms with Gasteiger partial charge in [-0.1, -0.05) is 30.3 Å². The molecule has 94 valence electrons. The van der Waals surface area contributed by atoms with Gasteiger partial charge in [0.25, 0.3) is 0 Å². The second kappa shape index (κ2) is 4.79. The van der Waals surface area contributed by atoms with Gasteiger partial charge in [0, 0.05) is 0 Å². The summed E-state index contributed by atoms with van der Waals surface area (Å²) in [5, 5.41) is 12.3. The fraction of sp³-hybridized carbons (Fsp3) is 0.429. The zero-order valence-corrected chi connectivity index (χ0v) is 10.5. The van der Waals surface area contributed by atoms with Crippen LogP contribution in [0.3, 0.4) is 0 Å². The van der Waals surface area contributed by atoms with E-state index >= 15 is 0 Å². The molecule has 1 aliphatic rings. The molecular weight excluding hydrogens is 228 g/mol. The highest BCUT2D eigenvalue weighted by atomic mass is 16.5. The molecule has 0 unspecified atom stereocenters. The number of nitrogens with zero attached hydrogens (tertiary/aromatic N) is 1. The van der Waals surface area contributed by atoms with Crippen LogP contribution in [0.25, 0.3) is 0 Å². The lowest BCUT2D eigenvalue weighted by Gasteiger charge is -2.38. The quantitative estimate of drug-likeness (QED) is 0.799. The molecule has 0 aliphatic carbocycles. The van der Waals surface area contributed by atoms with Gasteiger partial charge in [0.1, 0.15) is 17.7 Å². The van der Waals surface area contributed by atoms with E-state index in [4.69, 9.17) is 4.74 Å².